The van der Waals surface area contributed by atoms with Gasteiger partial charge >= 0.3 is 0 Å². The number of nitrogens with two attached hydrogens (primary N) is 2. The fourth-order valence-electron chi connectivity index (χ4n) is 2.10. The summed E-state index contributed by atoms with van der Waals surface area (Å²) in [5.74, 6) is -0.194. The first-order valence-corrected chi connectivity index (χ1v) is 6.89. The Morgan fingerprint density at radius 2 is 2.09 bits per heavy atom. The summed E-state index contributed by atoms with van der Waals surface area (Å²) in [6.07, 6.45) is 6.56. The Bertz CT molecular complexity index is 669. The molecule has 3 heterocycles. The minimum Gasteiger partial charge on any atom is -0.473 e. The van der Waals surface area contributed by atoms with E-state index in [1.807, 2.05) is 16.8 Å². The third-order valence-electron chi connectivity index (χ3n) is 2.96. The topological polar surface area (TPSA) is 132 Å². The molecule has 120 valence electrons. The molecule has 0 saturated carbocycles. The molecular formula is C14H21N5O3. The van der Waals surface area contributed by atoms with E-state index in [9.17, 15) is 0 Å². The molecule has 0 amide bonds. The van der Waals surface area contributed by atoms with Gasteiger partial charge in [0.1, 0.15) is 23.6 Å². The van der Waals surface area contributed by atoms with Crippen LogP contribution in [0.2, 0.25) is 0 Å². The number of aliphatic hydroxyl groups is 2. The standard InChI is InChI=1S/C11H13N5O.C3H8O2/c12-5-7-1-2-9(17-7)16-4-3-8-10(13)14-6-15-11(8)16;1-3(2,4)5/h3-6,9H,1-2,12H2,(H2,13,14,15);4-5H,1-2H3/b7-5+;. The Morgan fingerprint density at radius 3 is 2.68 bits per heavy atom. The van der Waals surface area contributed by atoms with Crippen LogP contribution in [-0.2, 0) is 4.74 Å². The normalized spacial score (nSPS) is 19.8. The number of anilines is 1. The van der Waals surface area contributed by atoms with Gasteiger partial charge in [0, 0.05) is 25.2 Å². The maximum absolute atomic E-state index is 8.08. The van der Waals surface area contributed by atoms with Crippen molar-refractivity contribution < 1.29 is 14.9 Å². The minimum absolute atomic E-state index is 0.0587. The van der Waals surface area contributed by atoms with Crippen molar-refractivity contribution in [2.45, 2.75) is 38.7 Å². The van der Waals surface area contributed by atoms with Crippen LogP contribution in [0.3, 0.4) is 0 Å². The lowest BCUT2D eigenvalue weighted by Crippen LogP contribution is -2.15. The largest absolute Gasteiger partial charge is 0.473 e. The maximum atomic E-state index is 8.08. The van der Waals surface area contributed by atoms with E-state index in [0.29, 0.717) is 5.82 Å². The molecular weight excluding hydrogens is 286 g/mol. The molecule has 6 N–H and O–H groups in total. The van der Waals surface area contributed by atoms with Crippen molar-refractivity contribution in [3.63, 3.8) is 0 Å². The Labute approximate surface area is 128 Å². The van der Waals surface area contributed by atoms with Gasteiger partial charge in [-0.1, -0.05) is 0 Å². The predicted octanol–water partition coefficient (Wildman–Crippen LogP) is 0.830. The van der Waals surface area contributed by atoms with Gasteiger partial charge in [-0.2, -0.15) is 0 Å². The van der Waals surface area contributed by atoms with Gasteiger partial charge in [-0.15, -0.1) is 0 Å². The fourth-order valence-corrected chi connectivity index (χ4v) is 2.10. The Morgan fingerprint density at radius 1 is 1.41 bits per heavy atom. The molecule has 8 heteroatoms. The van der Waals surface area contributed by atoms with Crippen LogP contribution >= 0.6 is 0 Å². The second-order valence-corrected chi connectivity index (χ2v) is 5.46. The zero-order valence-corrected chi connectivity index (χ0v) is 12.6. The highest BCUT2D eigenvalue weighted by Gasteiger charge is 2.23. The van der Waals surface area contributed by atoms with Crippen LogP contribution in [0.4, 0.5) is 5.82 Å². The van der Waals surface area contributed by atoms with Crippen molar-refractivity contribution in [1.82, 2.24) is 14.5 Å². The van der Waals surface area contributed by atoms with E-state index in [1.54, 1.807) is 0 Å². The Kier molecular flexibility index (Phi) is 4.53. The van der Waals surface area contributed by atoms with Crippen LogP contribution in [0.15, 0.2) is 30.5 Å². The first-order chi connectivity index (χ1) is 10.3. The lowest BCUT2D eigenvalue weighted by molar-refractivity contribution is -0.127. The van der Waals surface area contributed by atoms with E-state index >= 15 is 0 Å². The highest BCUT2D eigenvalue weighted by molar-refractivity contribution is 5.86. The number of hydrogen-bond donors (Lipinski definition) is 4. The zero-order chi connectivity index (χ0) is 16.3. The van der Waals surface area contributed by atoms with Crippen molar-refractivity contribution in [1.29, 1.82) is 0 Å². The minimum atomic E-state index is -1.50. The monoisotopic (exact) mass is 307 g/mol. The van der Waals surface area contributed by atoms with Crippen LogP contribution in [0.1, 0.15) is 32.9 Å². The summed E-state index contributed by atoms with van der Waals surface area (Å²) >= 11 is 0. The van der Waals surface area contributed by atoms with Gasteiger partial charge in [0.2, 0.25) is 0 Å². The first kappa shape index (κ1) is 16.1. The van der Waals surface area contributed by atoms with Gasteiger partial charge in [0.05, 0.1) is 5.39 Å². The molecule has 22 heavy (non-hydrogen) atoms. The number of fused-ring (bicyclic) bond motifs is 1. The average Bonchev–Trinajstić information content (AvgIpc) is 3.02. The predicted molar refractivity (Wildman–Crippen MR) is 82.1 cm³/mol. The third-order valence-corrected chi connectivity index (χ3v) is 2.96. The van der Waals surface area contributed by atoms with Gasteiger partial charge in [-0.05, 0) is 19.9 Å². The molecule has 2 aromatic heterocycles. The van der Waals surface area contributed by atoms with Crippen molar-refractivity contribution in [2.24, 2.45) is 5.73 Å². The molecule has 1 atom stereocenters. The van der Waals surface area contributed by atoms with Crippen LogP contribution in [0.5, 0.6) is 0 Å². The summed E-state index contributed by atoms with van der Waals surface area (Å²) in [6.45, 7) is 2.60. The molecule has 0 aromatic carbocycles. The van der Waals surface area contributed by atoms with Crippen molar-refractivity contribution >= 4 is 16.9 Å². The lowest BCUT2D eigenvalue weighted by atomic mass is 10.3. The molecule has 0 bridgehead atoms. The number of nitrogen functional groups attached to an aromatic ring is 1. The van der Waals surface area contributed by atoms with Crippen LogP contribution < -0.4 is 11.5 Å². The van der Waals surface area contributed by atoms with Crippen LogP contribution in [0, 0.1) is 0 Å². The van der Waals surface area contributed by atoms with Crippen LogP contribution in [0.25, 0.3) is 11.0 Å². The lowest BCUT2D eigenvalue weighted by Gasteiger charge is -2.13. The average molecular weight is 307 g/mol. The molecule has 1 saturated heterocycles. The van der Waals surface area contributed by atoms with E-state index in [1.165, 1.54) is 26.4 Å². The van der Waals surface area contributed by atoms with E-state index in [-0.39, 0.29) is 6.23 Å². The van der Waals surface area contributed by atoms with Crippen LogP contribution in [-0.4, -0.2) is 30.5 Å². The molecule has 3 rings (SSSR count). The van der Waals surface area contributed by atoms with Crippen molar-refractivity contribution in [3.05, 3.63) is 30.5 Å². The number of aromatic nitrogens is 3. The second kappa shape index (κ2) is 6.20. The second-order valence-electron chi connectivity index (χ2n) is 5.46. The van der Waals surface area contributed by atoms with Gasteiger partial charge in [-0.3, -0.25) is 4.57 Å². The van der Waals surface area contributed by atoms with E-state index in [0.717, 1.165) is 29.6 Å². The van der Waals surface area contributed by atoms with Gasteiger partial charge in [-0.25, -0.2) is 9.97 Å². The van der Waals surface area contributed by atoms with E-state index < -0.39 is 5.79 Å². The molecule has 1 aliphatic rings. The van der Waals surface area contributed by atoms with E-state index in [2.05, 4.69) is 9.97 Å². The van der Waals surface area contributed by atoms with Gasteiger partial charge < -0.3 is 26.4 Å². The highest BCUT2D eigenvalue weighted by atomic mass is 16.5. The highest BCUT2D eigenvalue weighted by Crippen LogP contribution is 2.33. The molecule has 1 aliphatic heterocycles. The summed E-state index contributed by atoms with van der Waals surface area (Å²) in [7, 11) is 0. The molecule has 1 fully saturated rings. The summed E-state index contributed by atoms with van der Waals surface area (Å²) in [5.41, 5.74) is 12.0. The van der Waals surface area contributed by atoms with Crippen molar-refractivity contribution in [2.75, 3.05) is 5.73 Å². The van der Waals surface area contributed by atoms with Crippen molar-refractivity contribution in [3.8, 4) is 0 Å². The molecule has 1 unspecified atom stereocenters. The third kappa shape index (κ3) is 3.86. The number of nitrogens with zero attached hydrogens (tertiary/aromatic N) is 3. The van der Waals surface area contributed by atoms with Gasteiger partial charge in [0.15, 0.2) is 12.0 Å². The number of hydrogen-bond acceptors (Lipinski definition) is 7. The SMILES string of the molecule is CC(C)(O)O.N/C=C1\CCC(n2ccc3c(N)ncnc32)O1. The molecule has 0 spiro atoms. The summed E-state index contributed by atoms with van der Waals surface area (Å²) in [5, 5.41) is 17.0. The summed E-state index contributed by atoms with van der Waals surface area (Å²) < 4.78 is 7.66. The van der Waals surface area contributed by atoms with E-state index in [4.69, 9.17) is 26.4 Å². The Hall–Kier alpha value is -2.32. The van der Waals surface area contributed by atoms with Gasteiger partial charge in [0.25, 0.3) is 0 Å². The number of allylic oxidation sites excluding steroid dienone is 1. The first-order valence-electron chi connectivity index (χ1n) is 6.89. The number of rotatable bonds is 1. The maximum Gasteiger partial charge on any atom is 0.177 e. The zero-order valence-electron chi connectivity index (χ0n) is 12.6. The molecule has 0 aliphatic carbocycles. The molecule has 2 aromatic rings. The fraction of sp³-hybridized carbons (Fsp3) is 0.429. The summed E-state index contributed by atoms with van der Waals surface area (Å²) in [6, 6.07) is 1.90. The molecule has 0 radical (unpaired) electrons. The summed E-state index contributed by atoms with van der Waals surface area (Å²) in [4.78, 5) is 8.20. The Balaban J connectivity index is 0.000000309. The smallest absolute Gasteiger partial charge is 0.177 e. The number of ether oxygens (including phenoxy) is 1. The molecule has 8 nitrogen and oxygen atoms in total. The quantitative estimate of drug-likeness (QED) is 0.573.